The average Bonchev–Trinajstić information content (AvgIpc) is 2.00. The molecule has 0 heterocycles. The van der Waals surface area contributed by atoms with E-state index in [1.54, 1.807) is 0 Å². The van der Waals surface area contributed by atoms with Crippen LogP contribution in [0.2, 0.25) is 0 Å². The molecule has 0 spiro atoms. The van der Waals surface area contributed by atoms with Crippen molar-refractivity contribution in [3.63, 3.8) is 0 Å². The zero-order chi connectivity index (χ0) is 13.4. The molecule has 0 atom stereocenters. The van der Waals surface area contributed by atoms with Gasteiger partial charge in [-0.2, -0.15) is 35.1 Å². The molecule has 16 heavy (non-hydrogen) atoms. The number of alkyl halides is 9. The number of hydrogen-bond donors (Lipinski definition) is 0. The van der Waals surface area contributed by atoms with Gasteiger partial charge in [-0.3, -0.25) is 0 Å². The summed E-state index contributed by atoms with van der Waals surface area (Å²) in [5, 5.41) is 0. The number of rotatable bonds is 5. The Labute approximate surface area is 83.2 Å². The molecular formula is C6H5F9O. The molecule has 0 aliphatic rings. The minimum atomic E-state index is -6.21. The Balaban J connectivity index is 5.07. The van der Waals surface area contributed by atoms with Gasteiger partial charge in [-0.15, -0.1) is 0 Å². The molecule has 0 aliphatic heterocycles. The van der Waals surface area contributed by atoms with E-state index < -0.39 is 37.7 Å². The highest BCUT2D eigenvalue weighted by Crippen LogP contribution is 2.47. The van der Waals surface area contributed by atoms with Crippen molar-refractivity contribution in [1.29, 1.82) is 0 Å². The van der Waals surface area contributed by atoms with E-state index in [9.17, 15) is 39.5 Å². The molecule has 0 saturated heterocycles. The van der Waals surface area contributed by atoms with Crippen LogP contribution in [-0.4, -0.2) is 30.7 Å². The van der Waals surface area contributed by atoms with Crippen molar-refractivity contribution in [1.82, 2.24) is 0 Å². The van der Waals surface area contributed by atoms with Crippen LogP contribution < -0.4 is 0 Å². The van der Waals surface area contributed by atoms with Gasteiger partial charge in [0.15, 0.2) is 6.67 Å². The normalized spacial score (nSPS) is 15.4. The van der Waals surface area contributed by atoms with E-state index >= 15 is 0 Å². The van der Waals surface area contributed by atoms with Gasteiger partial charge in [0.05, 0.1) is 0 Å². The zero-order valence-electron chi connectivity index (χ0n) is 7.52. The second-order valence-electron chi connectivity index (χ2n) is 2.85. The largest absolute Gasteiger partial charge is 0.430 e. The number of halogens is 9. The molecule has 0 N–H and O–H groups in total. The summed E-state index contributed by atoms with van der Waals surface area (Å²) in [6.07, 6.45) is -11.5. The third kappa shape index (κ3) is 2.92. The van der Waals surface area contributed by atoms with Crippen LogP contribution in [-0.2, 0) is 4.74 Å². The van der Waals surface area contributed by atoms with Crippen molar-refractivity contribution in [2.45, 2.75) is 31.0 Å². The number of ether oxygens (including phenoxy) is 1. The molecule has 0 fully saturated rings. The Bertz CT molecular complexity index is 243. The Morgan fingerprint density at radius 1 is 0.875 bits per heavy atom. The van der Waals surface area contributed by atoms with Gasteiger partial charge in [-0.05, 0) is 0 Å². The second kappa shape index (κ2) is 3.97. The first-order valence-electron chi connectivity index (χ1n) is 3.54. The second-order valence-corrected chi connectivity index (χ2v) is 2.85. The fourth-order valence-corrected chi connectivity index (χ4v) is 0.534. The maximum Gasteiger partial charge on any atom is 0.430 e. The molecule has 10 heteroatoms. The molecule has 1 nitrogen and oxygen atoms in total. The molecule has 0 saturated carbocycles. The SMILES string of the molecule is CC(F)(F)C(F)(F)C(F)(F)OC(F)(F)CF. The predicted octanol–water partition coefficient (Wildman–Crippen LogP) is 3.45. The Kier molecular flexibility index (Phi) is 3.80. The average molecular weight is 264 g/mol. The monoisotopic (exact) mass is 264 g/mol. The van der Waals surface area contributed by atoms with Gasteiger partial charge in [-0.1, -0.05) is 0 Å². The Morgan fingerprint density at radius 3 is 1.50 bits per heavy atom. The molecule has 0 aromatic rings. The van der Waals surface area contributed by atoms with Gasteiger partial charge >= 0.3 is 24.1 Å². The van der Waals surface area contributed by atoms with E-state index in [0.717, 1.165) is 0 Å². The maximum absolute atomic E-state index is 12.3. The van der Waals surface area contributed by atoms with Crippen molar-refractivity contribution in [2.75, 3.05) is 6.67 Å². The van der Waals surface area contributed by atoms with Gasteiger partial charge in [0, 0.05) is 6.92 Å². The van der Waals surface area contributed by atoms with Crippen molar-refractivity contribution < 1.29 is 44.3 Å². The standard InChI is InChI=1S/C6H5F9O/c1-3(8,9)5(12,13)6(14,15)16-4(10,11)2-7/h2H2,1H3. The van der Waals surface area contributed by atoms with Crippen molar-refractivity contribution >= 4 is 0 Å². The van der Waals surface area contributed by atoms with E-state index in [1.807, 2.05) is 0 Å². The zero-order valence-corrected chi connectivity index (χ0v) is 7.52. The van der Waals surface area contributed by atoms with Gasteiger partial charge in [0.2, 0.25) is 0 Å². The highest BCUT2D eigenvalue weighted by atomic mass is 19.4. The van der Waals surface area contributed by atoms with Crippen molar-refractivity contribution in [2.24, 2.45) is 0 Å². The predicted molar refractivity (Wildman–Crippen MR) is 32.5 cm³/mol. The van der Waals surface area contributed by atoms with Gasteiger partial charge < -0.3 is 0 Å². The smallest absolute Gasteiger partial charge is 0.248 e. The minimum absolute atomic E-state index is 0.613. The van der Waals surface area contributed by atoms with Gasteiger partial charge in [0.1, 0.15) is 0 Å². The van der Waals surface area contributed by atoms with E-state index in [0.29, 0.717) is 0 Å². The lowest BCUT2D eigenvalue weighted by atomic mass is 10.2. The van der Waals surface area contributed by atoms with Crippen LogP contribution in [0, 0.1) is 0 Å². The van der Waals surface area contributed by atoms with Crippen molar-refractivity contribution in [3.8, 4) is 0 Å². The quantitative estimate of drug-likeness (QED) is 0.691. The Morgan fingerprint density at radius 2 is 1.25 bits per heavy atom. The van der Waals surface area contributed by atoms with E-state index in [2.05, 4.69) is 4.74 Å². The summed E-state index contributed by atoms with van der Waals surface area (Å²) in [5.41, 5.74) is 0. The van der Waals surface area contributed by atoms with Crippen LogP contribution in [0.3, 0.4) is 0 Å². The first kappa shape index (κ1) is 15.3. The molecule has 0 rings (SSSR count). The van der Waals surface area contributed by atoms with Crippen LogP contribution >= 0.6 is 0 Å². The molecule has 0 bridgehead atoms. The third-order valence-corrected chi connectivity index (χ3v) is 1.35. The summed E-state index contributed by atoms with van der Waals surface area (Å²) in [6.45, 7) is -3.47. The summed E-state index contributed by atoms with van der Waals surface area (Å²) in [4.78, 5) is 0. The van der Waals surface area contributed by atoms with Crippen LogP contribution in [0.1, 0.15) is 6.92 Å². The molecular weight excluding hydrogens is 259 g/mol. The molecule has 0 unspecified atom stereocenters. The van der Waals surface area contributed by atoms with E-state index in [-0.39, 0.29) is 0 Å². The van der Waals surface area contributed by atoms with Gasteiger partial charge in [-0.25, -0.2) is 9.13 Å². The third-order valence-electron chi connectivity index (χ3n) is 1.35. The molecule has 98 valence electrons. The summed E-state index contributed by atoms with van der Waals surface area (Å²) in [6, 6.07) is 0. The molecule has 0 radical (unpaired) electrons. The summed E-state index contributed by atoms with van der Waals surface area (Å²) < 4.78 is 110. The van der Waals surface area contributed by atoms with Gasteiger partial charge in [0.25, 0.3) is 0 Å². The minimum Gasteiger partial charge on any atom is -0.248 e. The first-order chi connectivity index (χ1) is 6.77. The van der Waals surface area contributed by atoms with Crippen LogP contribution in [0.5, 0.6) is 0 Å². The molecule has 0 aliphatic carbocycles. The number of hydrogen-bond acceptors (Lipinski definition) is 1. The fraction of sp³-hybridized carbons (Fsp3) is 1.00. The van der Waals surface area contributed by atoms with Crippen LogP contribution in [0.15, 0.2) is 0 Å². The van der Waals surface area contributed by atoms with Crippen LogP contribution in [0.4, 0.5) is 39.5 Å². The maximum atomic E-state index is 12.3. The lowest BCUT2D eigenvalue weighted by Gasteiger charge is -2.31. The molecule has 0 amide bonds. The Hall–Kier alpha value is -0.670. The lowest BCUT2D eigenvalue weighted by molar-refractivity contribution is -0.456. The van der Waals surface area contributed by atoms with Crippen LogP contribution in [0.25, 0.3) is 0 Å². The van der Waals surface area contributed by atoms with E-state index in [1.165, 1.54) is 0 Å². The topological polar surface area (TPSA) is 9.23 Å². The lowest BCUT2D eigenvalue weighted by Crippen LogP contribution is -2.56. The molecule has 0 aromatic heterocycles. The summed E-state index contributed by atoms with van der Waals surface area (Å²) in [5.74, 6) is -11.5. The highest BCUT2D eigenvalue weighted by Gasteiger charge is 2.73. The molecule has 0 aromatic carbocycles. The first-order valence-corrected chi connectivity index (χ1v) is 3.54. The van der Waals surface area contributed by atoms with E-state index in [4.69, 9.17) is 0 Å². The summed E-state index contributed by atoms with van der Waals surface area (Å²) in [7, 11) is 0. The summed E-state index contributed by atoms with van der Waals surface area (Å²) >= 11 is 0. The van der Waals surface area contributed by atoms with Crippen molar-refractivity contribution in [3.05, 3.63) is 0 Å². The fourth-order valence-electron chi connectivity index (χ4n) is 0.534. The highest BCUT2D eigenvalue weighted by molar-refractivity contribution is 4.89.